The van der Waals surface area contributed by atoms with Gasteiger partial charge in [0.25, 0.3) is 0 Å². The summed E-state index contributed by atoms with van der Waals surface area (Å²) in [4.78, 5) is 11.0. The van der Waals surface area contributed by atoms with Crippen LogP contribution in [0, 0.1) is 0 Å². The number of hydrogen-bond donors (Lipinski definition) is 2. The highest BCUT2D eigenvalue weighted by molar-refractivity contribution is 7.15. The molecule has 0 aliphatic carbocycles. The van der Waals surface area contributed by atoms with E-state index in [0.717, 1.165) is 35.3 Å². The highest BCUT2D eigenvalue weighted by atomic mass is 32.1. The molecule has 1 aromatic carbocycles. The molecule has 1 atom stereocenters. The predicted octanol–water partition coefficient (Wildman–Crippen LogP) is 1.95. The number of nitrogens with zero attached hydrogens (tertiary/aromatic N) is 5. The molecule has 0 bridgehead atoms. The van der Waals surface area contributed by atoms with Crippen LogP contribution in [0.15, 0.2) is 42.7 Å². The zero-order valence-corrected chi connectivity index (χ0v) is 14.9. The van der Waals surface area contributed by atoms with Crippen molar-refractivity contribution in [3.05, 3.63) is 53.3 Å². The molecule has 2 aromatic heterocycles. The molecule has 3 heterocycles. The molecule has 1 fully saturated rings. The minimum absolute atomic E-state index is 0.182. The summed E-state index contributed by atoms with van der Waals surface area (Å²) in [6, 6.07) is 11.8. The van der Waals surface area contributed by atoms with E-state index in [2.05, 4.69) is 30.4 Å². The molecule has 3 N–H and O–H groups in total. The van der Waals surface area contributed by atoms with Gasteiger partial charge in [0.2, 0.25) is 5.13 Å². The number of ether oxygens (including phenoxy) is 1. The zero-order chi connectivity index (χ0) is 17.8. The minimum Gasteiger partial charge on any atom is -0.378 e. The van der Waals surface area contributed by atoms with Crippen molar-refractivity contribution >= 4 is 28.1 Å². The zero-order valence-electron chi connectivity index (χ0n) is 14.1. The molecule has 0 radical (unpaired) electrons. The van der Waals surface area contributed by atoms with E-state index >= 15 is 0 Å². The molecule has 26 heavy (non-hydrogen) atoms. The number of anilines is 3. The van der Waals surface area contributed by atoms with Crippen LogP contribution in [0.5, 0.6) is 0 Å². The Kier molecular flexibility index (Phi) is 4.89. The summed E-state index contributed by atoms with van der Waals surface area (Å²) in [5, 5.41) is 12.8. The van der Waals surface area contributed by atoms with E-state index in [1.807, 2.05) is 36.4 Å². The number of rotatable bonds is 5. The molecular weight excluding hydrogens is 350 g/mol. The Bertz CT molecular complexity index is 851. The van der Waals surface area contributed by atoms with Gasteiger partial charge in [-0.05, 0) is 5.56 Å². The summed E-state index contributed by atoms with van der Waals surface area (Å²) in [5.74, 6) is 1.61. The average Bonchev–Trinajstić information content (AvgIpc) is 3.14. The fourth-order valence-corrected chi connectivity index (χ4v) is 3.53. The number of morpholine rings is 1. The van der Waals surface area contributed by atoms with Crippen LogP contribution in [-0.2, 0) is 4.74 Å². The van der Waals surface area contributed by atoms with Gasteiger partial charge < -0.3 is 20.7 Å². The van der Waals surface area contributed by atoms with E-state index in [9.17, 15) is 0 Å². The standard InChI is InChI=1S/C17H19N7OS/c18-17-23-22-16(26-17)15(12-4-2-1-3-5-12)21-13-10-14(20-11-19-13)24-6-8-25-9-7-24/h1-5,10-11,15H,6-9H2,(H2,18,23)(H,19,20,21)/t15-/m0/s1. The van der Waals surface area contributed by atoms with Gasteiger partial charge in [-0.1, -0.05) is 41.7 Å². The number of aromatic nitrogens is 4. The van der Waals surface area contributed by atoms with E-state index in [-0.39, 0.29) is 6.04 Å². The molecule has 1 saturated heterocycles. The Labute approximate surface area is 155 Å². The Hall–Kier alpha value is -2.78. The Balaban J connectivity index is 1.61. The highest BCUT2D eigenvalue weighted by Gasteiger charge is 2.20. The van der Waals surface area contributed by atoms with E-state index < -0.39 is 0 Å². The van der Waals surface area contributed by atoms with Crippen LogP contribution in [0.3, 0.4) is 0 Å². The number of nitrogens with two attached hydrogens (primary N) is 1. The summed E-state index contributed by atoms with van der Waals surface area (Å²) >= 11 is 1.36. The van der Waals surface area contributed by atoms with Crippen LogP contribution in [0.4, 0.5) is 16.8 Å². The van der Waals surface area contributed by atoms with Crippen molar-refractivity contribution in [3.63, 3.8) is 0 Å². The van der Waals surface area contributed by atoms with Gasteiger partial charge in [0.05, 0.1) is 13.2 Å². The maximum atomic E-state index is 5.78. The number of hydrogen-bond acceptors (Lipinski definition) is 9. The van der Waals surface area contributed by atoms with Gasteiger partial charge in [-0.15, -0.1) is 10.2 Å². The van der Waals surface area contributed by atoms with Crippen LogP contribution in [-0.4, -0.2) is 46.5 Å². The molecule has 1 aliphatic rings. The lowest BCUT2D eigenvalue weighted by Gasteiger charge is -2.28. The topological polar surface area (TPSA) is 102 Å². The first-order valence-corrected chi connectivity index (χ1v) is 9.16. The van der Waals surface area contributed by atoms with Crippen LogP contribution in [0.1, 0.15) is 16.6 Å². The molecule has 0 amide bonds. The van der Waals surface area contributed by atoms with Crippen molar-refractivity contribution in [2.75, 3.05) is 42.3 Å². The predicted molar refractivity (Wildman–Crippen MR) is 101 cm³/mol. The molecule has 134 valence electrons. The second kappa shape index (κ2) is 7.63. The Morgan fingerprint density at radius 2 is 1.92 bits per heavy atom. The molecular formula is C17H19N7OS. The SMILES string of the molecule is Nc1nnc([C@@H](Nc2cc(N3CCOCC3)ncn2)c2ccccc2)s1. The fourth-order valence-electron chi connectivity index (χ4n) is 2.84. The second-order valence-corrected chi connectivity index (χ2v) is 6.87. The van der Waals surface area contributed by atoms with E-state index in [0.29, 0.717) is 18.3 Å². The van der Waals surface area contributed by atoms with Crippen molar-refractivity contribution in [2.24, 2.45) is 0 Å². The van der Waals surface area contributed by atoms with Crippen LogP contribution in [0.2, 0.25) is 0 Å². The maximum Gasteiger partial charge on any atom is 0.203 e. The Morgan fingerprint density at radius 3 is 2.65 bits per heavy atom. The summed E-state index contributed by atoms with van der Waals surface area (Å²) in [6.07, 6.45) is 1.57. The lowest BCUT2D eigenvalue weighted by molar-refractivity contribution is 0.122. The fraction of sp³-hybridized carbons (Fsp3) is 0.294. The Morgan fingerprint density at radius 1 is 1.12 bits per heavy atom. The maximum absolute atomic E-state index is 5.78. The van der Waals surface area contributed by atoms with Gasteiger partial charge in [0.1, 0.15) is 29.0 Å². The van der Waals surface area contributed by atoms with Crippen molar-refractivity contribution in [2.45, 2.75) is 6.04 Å². The van der Waals surface area contributed by atoms with Gasteiger partial charge in [-0.2, -0.15) is 0 Å². The summed E-state index contributed by atoms with van der Waals surface area (Å²) in [5.41, 5.74) is 6.85. The largest absolute Gasteiger partial charge is 0.378 e. The van der Waals surface area contributed by atoms with Crippen LogP contribution < -0.4 is 16.0 Å². The van der Waals surface area contributed by atoms with Crippen molar-refractivity contribution < 1.29 is 4.74 Å². The first-order chi connectivity index (χ1) is 12.8. The number of nitrogens with one attached hydrogen (secondary N) is 1. The molecule has 4 rings (SSSR count). The lowest BCUT2D eigenvalue weighted by atomic mass is 10.1. The molecule has 0 saturated carbocycles. The summed E-state index contributed by atoms with van der Waals surface area (Å²) in [6.45, 7) is 3.07. The molecule has 8 nitrogen and oxygen atoms in total. The van der Waals surface area contributed by atoms with Crippen molar-refractivity contribution in [1.29, 1.82) is 0 Å². The third-order valence-corrected chi connectivity index (χ3v) is 4.93. The molecule has 0 spiro atoms. The van der Waals surface area contributed by atoms with E-state index in [1.165, 1.54) is 11.3 Å². The number of nitrogen functional groups attached to an aromatic ring is 1. The van der Waals surface area contributed by atoms with Crippen LogP contribution in [0.25, 0.3) is 0 Å². The molecule has 9 heteroatoms. The van der Waals surface area contributed by atoms with Gasteiger partial charge in [0, 0.05) is 19.2 Å². The second-order valence-electron chi connectivity index (χ2n) is 5.83. The monoisotopic (exact) mass is 369 g/mol. The average molecular weight is 369 g/mol. The third kappa shape index (κ3) is 3.73. The van der Waals surface area contributed by atoms with Crippen molar-refractivity contribution in [1.82, 2.24) is 20.2 Å². The van der Waals surface area contributed by atoms with Crippen molar-refractivity contribution in [3.8, 4) is 0 Å². The van der Waals surface area contributed by atoms with Gasteiger partial charge in [-0.25, -0.2) is 9.97 Å². The summed E-state index contributed by atoms with van der Waals surface area (Å²) < 4.78 is 5.41. The minimum atomic E-state index is -0.182. The van der Waals surface area contributed by atoms with E-state index in [4.69, 9.17) is 10.5 Å². The first-order valence-electron chi connectivity index (χ1n) is 8.35. The number of benzene rings is 1. The molecule has 0 unspecified atom stereocenters. The molecule has 1 aliphatic heterocycles. The van der Waals surface area contributed by atoms with Gasteiger partial charge in [-0.3, -0.25) is 0 Å². The smallest absolute Gasteiger partial charge is 0.203 e. The van der Waals surface area contributed by atoms with Crippen LogP contribution >= 0.6 is 11.3 Å². The quantitative estimate of drug-likeness (QED) is 0.704. The normalized spacial score (nSPS) is 15.6. The first kappa shape index (κ1) is 16.7. The third-order valence-electron chi connectivity index (χ3n) is 4.12. The molecule has 3 aromatic rings. The van der Waals surface area contributed by atoms with E-state index in [1.54, 1.807) is 6.33 Å². The van der Waals surface area contributed by atoms with Gasteiger partial charge >= 0.3 is 0 Å². The van der Waals surface area contributed by atoms with Gasteiger partial charge in [0.15, 0.2) is 0 Å². The highest BCUT2D eigenvalue weighted by Crippen LogP contribution is 2.29. The lowest BCUT2D eigenvalue weighted by Crippen LogP contribution is -2.36. The summed E-state index contributed by atoms with van der Waals surface area (Å²) in [7, 11) is 0.